The Hall–Kier alpha value is -0.152. The van der Waals surface area contributed by atoms with Crippen LogP contribution < -0.4 is 5.19 Å². The lowest BCUT2D eigenvalue weighted by atomic mass is 9.88. The molecule has 2 aliphatic carbocycles. The van der Waals surface area contributed by atoms with Gasteiger partial charge < -0.3 is 26.6 Å². The van der Waals surface area contributed by atoms with Crippen LogP contribution in [0.4, 0.5) is 0 Å². The zero-order valence-corrected chi connectivity index (χ0v) is 31.1. The Morgan fingerprint density at radius 2 is 1.07 bits per heavy atom. The smallest absolute Gasteiger partial charge is 0.413 e. The molecule has 0 spiro atoms. The molecule has 42 heavy (non-hydrogen) atoms. The van der Waals surface area contributed by atoms with Crippen molar-refractivity contribution in [3.05, 3.63) is 30.3 Å². The molecular formula is C32H56O6Si4. The number of hydrogen-bond acceptors (Lipinski definition) is 6. The Kier molecular flexibility index (Phi) is 9.52. The van der Waals surface area contributed by atoms with Gasteiger partial charge in [-0.15, -0.1) is 0 Å². The molecule has 6 nitrogen and oxygen atoms in total. The van der Waals surface area contributed by atoms with E-state index in [1.54, 1.807) is 0 Å². The van der Waals surface area contributed by atoms with E-state index in [1.807, 2.05) is 0 Å². The normalized spacial score (nSPS) is 33.8. The van der Waals surface area contributed by atoms with Crippen molar-refractivity contribution in [2.45, 2.75) is 146 Å². The Balaban J connectivity index is 1.21. The van der Waals surface area contributed by atoms with Gasteiger partial charge in [0.1, 0.15) is 0 Å². The number of rotatable bonds is 16. The van der Waals surface area contributed by atoms with Gasteiger partial charge in [0.15, 0.2) is 25.0 Å². The monoisotopic (exact) mass is 648 g/mol. The molecule has 1 aromatic rings. The van der Waals surface area contributed by atoms with Crippen molar-refractivity contribution in [1.82, 2.24) is 0 Å². The highest BCUT2D eigenvalue weighted by molar-refractivity contribution is 6.96. The summed E-state index contributed by atoms with van der Waals surface area (Å²) < 4.78 is 39.9. The van der Waals surface area contributed by atoms with Gasteiger partial charge in [-0.25, -0.2) is 0 Å². The predicted molar refractivity (Wildman–Crippen MR) is 178 cm³/mol. The Bertz CT molecular complexity index is 1000. The maximum atomic E-state index is 7.57. The van der Waals surface area contributed by atoms with E-state index in [0.717, 1.165) is 48.2 Å². The summed E-state index contributed by atoms with van der Waals surface area (Å²) in [7, 11) is -9.60. The SMILES string of the molecule is C[Si](C)(CCC1CCC2OC2C1)O[Si](O[Si](C)(C)CCC1CCC2OC2C1)(O[Si](C)(C)CCC1CO1)c1ccccc1. The van der Waals surface area contributed by atoms with Crippen LogP contribution >= 0.6 is 0 Å². The average Bonchev–Trinajstić information content (AvgIpc) is 3.80. The molecule has 0 bridgehead atoms. The van der Waals surface area contributed by atoms with Crippen LogP contribution in [-0.2, 0) is 26.6 Å². The van der Waals surface area contributed by atoms with Gasteiger partial charge in [0.05, 0.1) is 37.1 Å². The van der Waals surface area contributed by atoms with E-state index in [0.29, 0.717) is 30.5 Å². The molecule has 0 aromatic heterocycles. The highest BCUT2D eigenvalue weighted by Gasteiger charge is 2.55. The average molecular weight is 649 g/mol. The van der Waals surface area contributed by atoms with Gasteiger partial charge in [0.2, 0.25) is 0 Å². The van der Waals surface area contributed by atoms with Crippen LogP contribution in [0.25, 0.3) is 0 Å². The van der Waals surface area contributed by atoms with Crippen LogP contribution in [0, 0.1) is 11.8 Å². The van der Waals surface area contributed by atoms with E-state index < -0.39 is 33.8 Å². The molecular weight excluding hydrogens is 593 g/mol. The summed E-state index contributed by atoms with van der Waals surface area (Å²) in [5.74, 6) is 1.53. The standard InChI is InChI=1S/C32H56O6Si4/c1-39(2,19-16-25-12-14-29-31(22-25)34-29)36-42(28-10-8-7-9-11-28,38-41(5,6)21-18-27-24-33-27)37-40(3,4)20-17-26-13-15-30-32(23-26)35-30/h7-11,25-27,29-32H,12-24H2,1-6H3. The van der Waals surface area contributed by atoms with Crippen molar-refractivity contribution < 1.29 is 26.6 Å². The molecule has 3 heterocycles. The molecule has 7 unspecified atom stereocenters. The van der Waals surface area contributed by atoms with E-state index in [4.69, 9.17) is 26.6 Å². The van der Waals surface area contributed by atoms with E-state index in [9.17, 15) is 0 Å². The highest BCUT2D eigenvalue weighted by Crippen LogP contribution is 2.43. The molecule has 0 amide bonds. The third-order valence-electron chi connectivity index (χ3n) is 10.4. The van der Waals surface area contributed by atoms with Crippen molar-refractivity contribution in [2.75, 3.05) is 6.61 Å². The van der Waals surface area contributed by atoms with Crippen LogP contribution in [-0.4, -0.2) is 70.9 Å². The first-order chi connectivity index (χ1) is 19.9. The van der Waals surface area contributed by atoms with Crippen LogP contribution in [0.15, 0.2) is 30.3 Å². The van der Waals surface area contributed by atoms with Gasteiger partial charge in [-0.05, 0) is 114 Å². The quantitative estimate of drug-likeness (QED) is 0.140. The second-order valence-electron chi connectivity index (χ2n) is 15.9. The topological polar surface area (TPSA) is 65.3 Å². The van der Waals surface area contributed by atoms with E-state index >= 15 is 0 Å². The summed E-state index contributed by atoms with van der Waals surface area (Å²) in [6.45, 7) is 15.3. The van der Waals surface area contributed by atoms with Crippen molar-refractivity contribution in [1.29, 1.82) is 0 Å². The fraction of sp³-hybridized carbons (Fsp3) is 0.812. The summed E-state index contributed by atoms with van der Waals surface area (Å²) in [6, 6.07) is 14.2. The zero-order chi connectivity index (χ0) is 29.6. The molecule has 7 atom stereocenters. The fourth-order valence-corrected chi connectivity index (χ4v) is 24.3. The number of fused-ring (bicyclic) bond motifs is 2. The van der Waals surface area contributed by atoms with Crippen molar-refractivity contribution in [2.24, 2.45) is 11.8 Å². The number of ether oxygens (including phenoxy) is 3. The van der Waals surface area contributed by atoms with E-state index in [2.05, 4.69) is 69.6 Å². The third kappa shape index (κ3) is 8.76. The molecule has 0 radical (unpaired) electrons. The highest BCUT2D eigenvalue weighted by atomic mass is 28.5. The van der Waals surface area contributed by atoms with E-state index in [-0.39, 0.29) is 0 Å². The molecule has 10 heteroatoms. The lowest BCUT2D eigenvalue weighted by Crippen LogP contribution is -2.68. The lowest BCUT2D eigenvalue weighted by molar-refractivity contribution is 0.262. The molecule has 3 saturated heterocycles. The molecule has 0 N–H and O–H groups in total. The lowest BCUT2D eigenvalue weighted by Gasteiger charge is -2.45. The first-order valence-electron chi connectivity index (χ1n) is 17.0. The molecule has 6 rings (SSSR count). The van der Waals surface area contributed by atoms with Crippen LogP contribution in [0.2, 0.25) is 57.4 Å². The van der Waals surface area contributed by atoms with Crippen molar-refractivity contribution in [3.63, 3.8) is 0 Å². The molecule has 236 valence electrons. The minimum atomic E-state index is -3.22. The Morgan fingerprint density at radius 3 is 1.50 bits per heavy atom. The Morgan fingerprint density at radius 1 is 0.619 bits per heavy atom. The van der Waals surface area contributed by atoms with Gasteiger partial charge in [0, 0.05) is 5.19 Å². The fourth-order valence-electron chi connectivity index (χ4n) is 7.47. The van der Waals surface area contributed by atoms with Gasteiger partial charge in [0.25, 0.3) is 0 Å². The van der Waals surface area contributed by atoms with Crippen molar-refractivity contribution in [3.8, 4) is 0 Å². The van der Waals surface area contributed by atoms with E-state index in [1.165, 1.54) is 51.4 Å². The van der Waals surface area contributed by atoms with Gasteiger partial charge in [-0.1, -0.05) is 43.2 Å². The van der Waals surface area contributed by atoms with Crippen LogP contribution in [0.3, 0.4) is 0 Å². The van der Waals surface area contributed by atoms with Crippen molar-refractivity contribution >= 4 is 38.9 Å². The van der Waals surface area contributed by atoms with Crippen LogP contribution in [0.5, 0.6) is 0 Å². The number of hydrogen-bond donors (Lipinski definition) is 0. The summed E-state index contributed by atoms with van der Waals surface area (Å²) in [5, 5.41) is 1.16. The maximum absolute atomic E-state index is 7.57. The zero-order valence-electron chi connectivity index (χ0n) is 27.1. The molecule has 1 aromatic carbocycles. The number of benzene rings is 1. The summed E-state index contributed by atoms with van der Waals surface area (Å²) in [5.41, 5.74) is 0. The van der Waals surface area contributed by atoms with Gasteiger partial charge in [-0.2, -0.15) is 0 Å². The first-order valence-corrected chi connectivity index (χ1v) is 28.0. The molecule has 5 fully saturated rings. The summed E-state index contributed by atoms with van der Waals surface area (Å²) in [4.78, 5) is 0. The minimum Gasteiger partial charge on any atom is -0.413 e. The Labute approximate surface area is 259 Å². The second kappa shape index (κ2) is 12.6. The minimum absolute atomic E-state index is 0.419. The molecule has 2 saturated carbocycles. The first kappa shape index (κ1) is 31.8. The second-order valence-corrected chi connectivity index (χ2v) is 32.1. The maximum Gasteiger partial charge on any atom is 0.505 e. The summed E-state index contributed by atoms with van der Waals surface area (Å²) >= 11 is 0. The predicted octanol–water partition coefficient (Wildman–Crippen LogP) is 7.20. The third-order valence-corrected chi connectivity index (χ3v) is 25.7. The molecule has 3 aliphatic heterocycles. The molecule has 5 aliphatic rings. The summed E-state index contributed by atoms with van der Waals surface area (Å²) in [6.07, 6.45) is 13.7. The van der Waals surface area contributed by atoms with Gasteiger partial charge >= 0.3 is 8.80 Å². The largest absolute Gasteiger partial charge is 0.505 e. The van der Waals surface area contributed by atoms with Crippen LogP contribution in [0.1, 0.15) is 57.8 Å². The van der Waals surface area contributed by atoms with Gasteiger partial charge in [-0.3, -0.25) is 0 Å². The number of epoxide rings is 3.